The average Bonchev–Trinajstić information content (AvgIpc) is 2.70. The van der Waals surface area contributed by atoms with E-state index in [4.69, 9.17) is 4.74 Å². The SMILES string of the molecule is CCCCCCCCCCCCCCCCCC(=O)O[C@@H]1C[C@H](C)CC[C@H]1C(C)C. The third-order valence-corrected chi connectivity index (χ3v) is 7.23. The van der Waals surface area contributed by atoms with Crippen molar-refractivity contribution in [1.82, 2.24) is 0 Å². The molecule has 2 heteroatoms. The van der Waals surface area contributed by atoms with Crippen molar-refractivity contribution >= 4 is 5.97 Å². The van der Waals surface area contributed by atoms with Crippen molar-refractivity contribution < 1.29 is 9.53 Å². The van der Waals surface area contributed by atoms with Gasteiger partial charge in [-0.25, -0.2) is 0 Å². The molecule has 0 unspecified atom stereocenters. The topological polar surface area (TPSA) is 26.3 Å². The second kappa shape index (κ2) is 18.1. The molecule has 0 aromatic heterocycles. The van der Waals surface area contributed by atoms with Crippen LogP contribution < -0.4 is 0 Å². The zero-order valence-electron chi connectivity index (χ0n) is 21.1. The second-order valence-electron chi connectivity index (χ2n) is 10.6. The number of carbonyl (C=O) groups excluding carboxylic acids is 1. The lowest BCUT2D eigenvalue weighted by atomic mass is 9.75. The van der Waals surface area contributed by atoms with Gasteiger partial charge in [-0.15, -0.1) is 0 Å². The zero-order valence-corrected chi connectivity index (χ0v) is 21.1. The first kappa shape index (κ1) is 27.5. The Morgan fingerprint density at radius 1 is 0.767 bits per heavy atom. The van der Waals surface area contributed by atoms with Crippen LogP contribution in [0.5, 0.6) is 0 Å². The van der Waals surface area contributed by atoms with E-state index < -0.39 is 0 Å². The summed E-state index contributed by atoms with van der Waals surface area (Å²) in [6, 6.07) is 0. The van der Waals surface area contributed by atoms with Crippen molar-refractivity contribution in [2.75, 3.05) is 0 Å². The van der Waals surface area contributed by atoms with E-state index in [2.05, 4.69) is 27.7 Å². The van der Waals surface area contributed by atoms with E-state index in [9.17, 15) is 4.79 Å². The molecule has 1 aliphatic carbocycles. The van der Waals surface area contributed by atoms with Gasteiger partial charge in [-0.1, -0.05) is 124 Å². The minimum Gasteiger partial charge on any atom is -0.462 e. The molecule has 0 N–H and O–H groups in total. The van der Waals surface area contributed by atoms with Crippen LogP contribution in [0.3, 0.4) is 0 Å². The molecule has 0 radical (unpaired) electrons. The van der Waals surface area contributed by atoms with Gasteiger partial charge >= 0.3 is 5.97 Å². The van der Waals surface area contributed by atoms with E-state index in [0.29, 0.717) is 24.2 Å². The minimum atomic E-state index is 0.0504. The van der Waals surface area contributed by atoms with Crippen molar-refractivity contribution in [1.29, 1.82) is 0 Å². The van der Waals surface area contributed by atoms with Crippen molar-refractivity contribution in [3.8, 4) is 0 Å². The van der Waals surface area contributed by atoms with Gasteiger partial charge in [-0.2, -0.15) is 0 Å². The zero-order chi connectivity index (χ0) is 22.0. The van der Waals surface area contributed by atoms with E-state index in [1.807, 2.05) is 0 Å². The lowest BCUT2D eigenvalue weighted by Gasteiger charge is -2.36. The summed E-state index contributed by atoms with van der Waals surface area (Å²) in [5.41, 5.74) is 0. The molecule has 0 heterocycles. The molecule has 0 amide bonds. The van der Waals surface area contributed by atoms with Gasteiger partial charge in [-0.3, -0.25) is 4.79 Å². The van der Waals surface area contributed by atoms with Crippen LogP contribution in [0.25, 0.3) is 0 Å². The smallest absolute Gasteiger partial charge is 0.306 e. The van der Waals surface area contributed by atoms with Crippen molar-refractivity contribution in [2.24, 2.45) is 17.8 Å². The van der Waals surface area contributed by atoms with Crippen molar-refractivity contribution in [3.63, 3.8) is 0 Å². The highest BCUT2D eigenvalue weighted by Gasteiger charge is 2.33. The minimum absolute atomic E-state index is 0.0504. The molecule has 178 valence electrons. The standard InChI is InChI=1S/C28H54O2/c1-5-6-7-8-9-10-11-12-13-14-15-16-17-18-19-20-28(29)30-27-23-25(4)21-22-26(27)24(2)3/h24-27H,5-23H2,1-4H3/t25-,26+,27-/m1/s1. The highest BCUT2D eigenvalue weighted by molar-refractivity contribution is 5.69. The number of esters is 1. The lowest BCUT2D eigenvalue weighted by molar-refractivity contribution is -0.156. The molecular weight excluding hydrogens is 368 g/mol. The number of carbonyl (C=O) groups is 1. The fourth-order valence-electron chi connectivity index (χ4n) is 5.12. The van der Waals surface area contributed by atoms with Crippen LogP contribution in [0.4, 0.5) is 0 Å². The van der Waals surface area contributed by atoms with Crippen molar-refractivity contribution in [2.45, 2.75) is 156 Å². The molecule has 0 saturated heterocycles. The molecule has 0 spiro atoms. The van der Waals surface area contributed by atoms with E-state index in [-0.39, 0.29) is 12.1 Å². The quantitative estimate of drug-likeness (QED) is 0.162. The predicted molar refractivity (Wildman–Crippen MR) is 131 cm³/mol. The molecule has 30 heavy (non-hydrogen) atoms. The molecule has 1 rings (SSSR count). The summed E-state index contributed by atoms with van der Waals surface area (Å²) in [6.45, 7) is 9.13. The van der Waals surface area contributed by atoms with Gasteiger partial charge in [0.1, 0.15) is 6.10 Å². The Kier molecular flexibility index (Phi) is 16.6. The largest absolute Gasteiger partial charge is 0.462 e. The first-order valence-electron chi connectivity index (χ1n) is 13.7. The summed E-state index contributed by atoms with van der Waals surface area (Å²) >= 11 is 0. The highest BCUT2D eigenvalue weighted by Crippen LogP contribution is 2.35. The molecule has 1 saturated carbocycles. The van der Waals surface area contributed by atoms with Gasteiger partial charge in [0.2, 0.25) is 0 Å². The van der Waals surface area contributed by atoms with Crippen LogP contribution in [-0.2, 0) is 9.53 Å². The molecule has 1 aliphatic rings. The van der Waals surface area contributed by atoms with Crippen LogP contribution in [0.2, 0.25) is 0 Å². The van der Waals surface area contributed by atoms with Gasteiger partial charge in [0.25, 0.3) is 0 Å². The van der Waals surface area contributed by atoms with Crippen LogP contribution in [0, 0.1) is 17.8 Å². The summed E-state index contributed by atoms with van der Waals surface area (Å²) in [6.07, 6.45) is 24.7. The maximum atomic E-state index is 12.3. The fraction of sp³-hybridized carbons (Fsp3) is 0.964. The molecule has 2 nitrogen and oxygen atoms in total. The maximum Gasteiger partial charge on any atom is 0.306 e. The number of rotatable bonds is 18. The van der Waals surface area contributed by atoms with E-state index in [1.165, 1.54) is 103 Å². The highest BCUT2D eigenvalue weighted by atomic mass is 16.5. The molecular formula is C28H54O2. The molecule has 0 aliphatic heterocycles. The molecule has 3 atom stereocenters. The first-order chi connectivity index (χ1) is 14.5. The third kappa shape index (κ3) is 13.7. The van der Waals surface area contributed by atoms with Crippen LogP contribution in [-0.4, -0.2) is 12.1 Å². The normalized spacial score (nSPS) is 21.8. The van der Waals surface area contributed by atoms with Crippen LogP contribution in [0.1, 0.15) is 150 Å². The molecule has 0 aromatic carbocycles. The Labute approximate surface area is 189 Å². The van der Waals surface area contributed by atoms with Crippen LogP contribution in [0.15, 0.2) is 0 Å². The summed E-state index contributed by atoms with van der Waals surface area (Å²) in [7, 11) is 0. The Morgan fingerprint density at radius 2 is 1.23 bits per heavy atom. The fourth-order valence-corrected chi connectivity index (χ4v) is 5.12. The van der Waals surface area contributed by atoms with Gasteiger partial charge in [-0.05, 0) is 37.0 Å². The average molecular weight is 423 g/mol. The Hall–Kier alpha value is -0.530. The first-order valence-corrected chi connectivity index (χ1v) is 13.7. The van der Waals surface area contributed by atoms with E-state index in [0.717, 1.165) is 12.8 Å². The molecule has 0 aromatic rings. The summed E-state index contributed by atoms with van der Waals surface area (Å²) < 4.78 is 5.92. The van der Waals surface area contributed by atoms with Gasteiger partial charge in [0, 0.05) is 6.42 Å². The summed E-state index contributed by atoms with van der Waals surface area (Å²) in [4.78, 5) is 12.3. The number of hydrogen-bond acceptors (Lipinski definition) is 2. The Bertz CT molecular complexity index is 403. The third-order valence-electron chi connectivity index (χ3n) is 7.23. The monoisotopic (exact) mass is 422 g/mol. The lowest BCUT2D eigenvalue weighted by Crippen LogP contribution is -2.35. The second-order valence-corrected chi connectivity index (χ2v) is 10.6. The summed E-state index contributed by atoms with van der Waals surface area (Å²) in [5.74, 6) is 1.92. The molecule has 0 bridgehead atoms. The van der Waals surface area contributed by atoms with Crippen molar-refractivity contribution in [3.05, 3.63) is 0 Å². The van der Waals surface area contributed by atoms with Gasteiger partial charge in [0.05, 0.1) is 0 Å². The maximum absolute atomic E-state index is 12.3. The van der Waals surface area contributed by atoms with E-state index in [1.54, 1.807) is 0 Å². The Balaban J connectivity index is 1.91. The van der Waals surface area contributed by atoms with Crippen LogP contribution >= 0.6 is 0 Å². The predicted octanol–water partition coefficient (Wildman–Crippen LogP) is 9.25. The molecule has 1 fully saturated rings. The summed E-state index contributed by atoms with van der Waals surface area (Å²) in [5, 5.41) is 0. The van der Waals surface area contributed by atoms with E-state index >= 15 is 0 Å². The number of ether oxygens (including phenoxy) is 1. The number of hydrogen-bond donors (Lipinski definition) is 0. The Morgan fingerprint density at radius 3 is 1.70 bits per heavy atom. The van der Waals surface area contributed by atoms with Gasteiger partial charge in [0.15, 0.2) is 0 Å². The van der Waals surface area contributed by atoms with Gasteiger partial charge < -0.3 is 4.74 Å². The number of unbranched alkanes of at least 4 members (excludes halogenated alkanes) is 14.